The molecule has 0 aromatic heterocycles. The Balaban J connectivity index is 2.13. The molecule has 1 aliphatic carbocycles. The zero-order valence-corrected chi connectivity index (χ0v) is 9.47. The number of allylic oxidation sites excluding steroid dienone is 6. The maximum Gasteiger partial charge on any atom is 0.138 e. The average molecular weight is 224 g/mol. The molecule has 0 saturated heterocycles. The lowest BCUT2D eigenvalue weighted by molar-refractivity contribution is 0.415. The molecule has 0 atom stereocenters. The third kappa shape index (κ3) is 1.68. The number of hydrogen-bond donors (Lipinski definition) is 1. The third-order valence-corrected chi connectivity index (χ3v) is 2.85. The van der Waals surface area contributed by atoms with Crippen molar-refractivity contribution in [1.29, 1.82) is 0 Å². The molecule has 0 fully saturated rings. The molecule has 2 nitrogen and oxygen atoms in total. The number of hydrogen-bond acceptors (Lipinski definition) is 2. The van der Waals surface area contributed by atoms with E-state index in [0.29, 0.717) is 11.5 Å². The first-order valence-corrected chi connectivity index (χ1v) is 5.52. The highest BCUT2D eigenvalue weighted by Crippen LogP contribution is 2.34. The van der Waals surface area contributed by atoms with Crippen LogP contribution in [0.2, 0.25) is 0 Å². The lowest BCUT2D eigenvalue weighted by Crippen LogP contribution is -2.05. The number of aliphatic hydroxyl groups excluding tert-OH is 1. The van der Waals surface area contributed by atoms with Crippen molar-refractivity contribution >= 4 is 5.76 Å². The van der Waals surface area contributed by atoms with Crippen LogP contribution in [-0.4, -0.2) is 5.11 Å². The molecule has 0 amide bonds. The van der Waals surface area contributed by atoms with Crippen LogP contribution in [0.5, 0.6) is 5.75 Å². The van der Waals surface area contributed by atoms with E-state index in [1.165, 1.54) is 0 Å². The van der Waals surface area contributed by atoms with E-state index in [2.05, 4.69) is 0 Å². The number of aliphatic hydroxyl groups is 1. The van der Waals surface area contributed by atoms with Crippen LogP contribution in [0.25, 0.3) is 5.76 Å². The van der Waals surface area contributed by atoms with Gasteiger partial charge in [-0.15, -0.1) is 0 Å². The summed E-state index contributed by atoms with van der Waals surface area (Å²) in [5, 5.41) is 9.98. The van der Waals surface area contributed by atoms with E-state index in [4.69, 9.17) is 4.74 Å². The van der Waals surface area contributed by atoms with Crippen LogP contribution in [0.15, 0.2) is 59.9 Å². The molecule has 84 valence electrons. The van der Waals surface area contributed by atoms with Crippen molar-refractivity contribution in [3.05, 3.63) is 71.0 Å². The largest absolute Gasteiger partial charge is 0.507 e. The molecule has 1 N–H and O–H groups in total. The van der Waals surface area contributed by atoms with Crippen molar-refractivity contribution in [2.75, 3.05) is 0 Å². The van der Waals surface area contributed by atoms with Gasteiger partial charge in [0, 0.05) is 11.6 Å². The molecule has 1 heterocycles. The van der Waals surface area contributed by atoms with Gasteiger partial charge >= 0.3 is 0 Å². The molecule has 0 unspecified atom stereocenters. The van der Waals surface area contributed by atoms with E-state index in [1.54, 1.807) is 6.08 Å². The first-order valence-electron chi connectivity index (χ1n) is 5.52. The van der Waals surface area contributed by atoms with Crippen LogP contribution < -0.4 is 4.74 Å². The highest BCUT2D eigenvalue weighted by Gasteiger charge is 2.18. The van der Waals surface area contributed by atoms with Crippen molar-refractivity contribution < 1.29 is 9.84 Å². The molecule has 1 aromatic rings. The summed E-state index contributed by atoms with van der Waals surface area (Å²) < 4.78 is 5.81. The molecule has 0 spiro atoms. The van der Waals surface area contributed by atoms with Gasteiger partial charge in [-0.3, -0.25) is 0 Å². The van der Waals surface area contributed by atoms with E-state index in [-0.39, 0.29) is 5.76 Å². The van der Waals surface area contributed by atoms with Crippen molar-refractivity contribution in [3.63, 3.8) is 0 Å². The van der Waals surface area contributed by atoms with Crippen molar-refractivity contribution in [2.45, 2.75) is 6.92 Å². The zero-order valence-electron chi connectivity index (χ0n) is 9.47. The number of rotatable bonds is 0. The SMILES string of the molecule is Cc1ccc2c(c1)OC(=C1C=CC=C1)C=C2O. The lowest BCUT2D eigenvalue weighted by Gasteiger charge is -2.18. The smallest absolute Gasteiger partial charge is 0.138 e. The van der Waals surface area contributed by atoms with E-state index < -0.39 is 0 Å². The predicted octanol–water partition coefficient (Wildman–Crippen LogP) is 3.67. The van der Waals surface area contributed by atoms with Crippen molar-refractivity contribution in [3.8, 4) is 5.75 Å². The van der Waals surface area contributed by atoms with E-state index in [1.807, 2.05) is 49.4 Å². The van der Waals surface area contributed by atoms with Crippen molar-refractivity contribution in [1.82, 2.24) is 0 Å². The van der Waals surface area contributed by atoms with Crippen LogP contribution in [0.4, 0.5) is 0 Å². The van der Waals surface area contributed by atoms with Gasteiger partial charge in [0.2, 0.25) is 0 Å². The summed E-state index contributed by atoms with van der Waals surface area (Å²) >= 11 is 0. The summed E-state index contributed by atoms with van der Waals surface area (Å²) in [6.07, 6.45) is 9.47. The normalized spacial score (nSPS) is 16.9. The Morgan fingerprint density at radius 2 is 1.88 bits per heavy atom. The minimum atomic E-state index is 0.252. The molecule has 1 aliphatic heterocycles. The Morgan fingerprint density at radius 1 is 1.12 bits per heavy atom. The molecule has 3 rings (SSSR count). The summed E-state index contributed by atoms with van der Waals surface area (Å²) in [5.74, 6) is 1.65. The first-order chi connectivity index (χ1) is 8.24. The van der Waals surface area contributed by atoms with Crippen LogP contribution in [0.1, 0.15) is 11.1 Å². The number of benzene rings is 1. The van der Waals surface area contributed by atoms with Crippen molar-refractivity contribution in [2.24, 2.45) is 0 Å². The standard InChI is InChI=1S/C15H12O2/c1-10-6-7-12-13(16)9-14(17-15(12)8-10)11-4-2-3-5-11/h2-9,16H,1H3. The highest BCUT2D eigenvalue weighted by molar-refractivity contribution is 5.71. The number of fused-ring (bicyclic) bond motifs is 1. The zero-order chi connectivity index (χ0) is 11.8. The summed E-state index contributed by atoms with van der Waals surface area (Å²) in [6.45, 7) is 2.00. The van der Waals surface area contributed by atoms with Gasteiger partial charge in [-0.25, -0.2) is 0 Å². The highest BCUT2D eigenvalue weighted by atomic mass is 16.5. The van der Waals surface area contributed by atoms with E-state index in [9.17, 15) is 5.11 Å². The van der Waals surface area contributed by atoms with E-state index in [0.717, 1.165) is 16.7 Å². The number of aryl methyl sites for hydroxylation is 1. The van der Waals surface area contributed by atoms with Gasteiger partial charge in [0.25, 0.3) is 0 Å². The van der Waals surface area contributed by atoms with Gasteiger partial charge in [-0.2, -0.15) is 0 Å². The second-order valence-corrected chi connectivity index (χ2v) is 4.17. The van der Waals surface area contributed by atoms with Crippen LogP contribution in [0.3, 0.4) is 0 Å². The maximum atomic E-state index is 9.98. The molecule has 2 heteroatoms. The molecule has 1 aromatic carbocycles. The Bertz CT molecular complexity index is 587. The maximum absolute atomic E-state index is 9.98. The summed E-state index contributed by atoms with van der Waals surface area (Å²) in [6, 6.07) is 5.76. The minimum absolute atomic E-state index is 0.252. The Labute approximate surface area is 99.9 Å². The van der Waals surface area contributed by atoms with Crippen LogP contribution in [0, 0.1) is 6.92 Å². The minimum Gasteiger partial charge on any atom is -0.507 e. The van der Waals surface area contributed by atoms with Crippen LogP contribution in [-0.2, 0) is 0 Å². The molecule has 0 saturated carbocycles. The van der Waals surface area contributed by atoms with Gasteiger partial charge in [-0.05, 0) is 24.6 Å². The van der Waals surface area contributed by atoms with Gasteiger partial charge in [-0.1, -0.05) is 30.4 Å². The lowest BCUT2D eigenvalue weighted by atomic mass is 10.1. The van der Waals surface area contributed by atoms with E-state index >= 15 is 0 Å². The second kappa shape index (κ2) is 3.67. The molecule has 17 heavy (non-hydrogen) atoms. The monoisotopic (exact) mass is 224 g/mol. The Morgan fingerprint density at radius 3 is 2.65 bits per heavy atom. The summed E-state index contributed by atoms with van der Waals surface area (Å²) in [7, 11) is 0. The van der Waals surface area contributed by atoms with Gasteiger partial charge in [0.05, 0.1) is 5.56 Å². The topological polar surface area (TPSA) is 29.5 Å². The van der Waals surface area contributed by atoms with Gasteiger partial charge in [0.1, 0.15) is 17.3 Å². The molecular weight excluding hydrogens is 212 g/mol. The first kappa shape index (κ1) is 9.97. The number of ether oxygens (including phenoxy) is 1. The Hall–Kier alpha value is -2.22. The molecule has 0 radical (unpaired) electrons. The second-order valence-electron chi connectivity index (χ2n) is 4.17. The third-order valence-electron chi connectivity index (χ3n) is 2.85. The fourth-order valence-electron chi connectivity index (χ4n) is 1.96. The average Bonchev–Trinajstić information content (AvgIpc) is 2.81. The molecular formula is C15H12O2. The quantitative estimate of drug-likeness (QED) is 0.728. The fraction of sp³-hybridized carbons (Fsp3) is 0.0667. The molecule has 2 aliphatic rings. The fourth-order valence-corrected chi connectivity index (χ4v) is 1.96. The molecule has 0 bridgehead atoms. The Kier molecular flexibility index (Phi) is 2.15. The summed E-state index contributed by atoms with van der Waals surface area (Å²) in [4.78, 5) is 0. The van der Waals surface area contributed by atoms with Crippen LogP contribution >= 0.6 is 0 Å². The summed E-state index contributed by atoms with van der Waals surface area (Å²) in [5.41, 5.74) is 2.83. The van der Waals surface area contributed by atoms with Gasteiger partial charge < -0.3 is 9.84 Å². The van der Waals surface area contributed by atoms with Gasteiger partial charge in [0.15, 0.2) is 0 Å². The predicted molar refractivity (Wildman–Crippen MR) is 67.7 cm³/mol.